The number of nitrogens with zero attached hydrogens (tertiary/aromatic N) is 1. The van der Waals surface area contributed by atoms with E-state index in [2.05, 4.69) is 4.98 Å². The smallest absolute Gasteiger partial charge is 0.405 e. The summed E-state index contributed by atoms with van der Waals surface area (Å²) in [5.74, 6) is -2.14. The minimum atomic E-state index is -4.97. The molecule has 1 N–H and O–H groups in total. The van der Waals surface area contributed by atoms with Gasteiger partial charge in [-0.05, 0) is 25.1 Å². The number of ether oxygens (including phenoxy) is 1. The van der Waals surface area contributed by atoms with Gasteiger partial charge in [0.1, 0.15) is 18.4 Å². The number of aromatic amines is 1. The van der Waals surface area contributed by atoms with Gasteiger partial charge in [0.25, 0.3) is 15.7 Å². The Labute approximate surface area is 185 Å². The van der Waals surface area contributed by atoms with Gasteiger partial charge in [0.15, 0.2) is 14.1 Å². The molecule has 1 aliphatic heterocycles. The Bertz CT molecular complexity index is 1040. The molecule has 1 fully saturated rings. The van der Waals surface area contributed by atoms with Crippen molar-refractivity contribution in [1.82, 2.24) is 9.55 Å². The zero-order valence-electron chi connectivity index (χ0n) is 18.8. The molecule has 0 unspecified atom stereocenters. The second kappa shape index (κ2) is 9.04. The molecule has 0 amide bonds. The third kappa shape index (κ3) is 6.76. The van der Waals surface area contributed by atoms with E-state index in [1.165, 1.54) is 13.1 Å². The molecule has 0 aliphatic carbocycles. The Morgan fingerprint density at radius 3 is 2.38 bits per heavy atom. The monoisotopic (exact) mass is 502 g/mol. The highest BCUT2D eigenvalue weighted by Crippen LogP contribution is 2.38. The molecule has 0 aromatic carbocycles. The standard InChI is InChI=1S/C18H29F3N2O7SSi/c1-11-8-23(16(25)22-15(11)24)14-7-12(30-31(26,27)10-18(19,20)21)13(29-14)9-28-32(5,6)17(2,3)4/h8,12-14H,7,9-10H2,1-6H3,(H,22,24,25)/t12-,13+,14+/m0/s1. The number of nitrogens with one attached hydrogen (secondary N) is 1. The SMILES string of the molecule is Cc1cn([C@H]2C[C@H](OS(=O)(=O)CC(F)(F)F)[C@@H](CO[Si](C)(C)C(C)(C)C)O2)c(=O)[nH]c1=O. The molecule has 2 rings (SSSR count). The van der Waals surface area contributed by atoms with Gasteiger partial charge in [0, 0.05) is 18.2 Å². The van der Waals surface area contributed by atoms with Crippen molar-refractivity contribution in [2.24, 2.45) is 0 Å². The summed E-state index contributed by atoms with van der Waals surface area (Å²) >= 11 is 0. The Hall–Kier alpha value is -1.48. The fraction of sp³-hybridized carbons (Fsp3) is 0.778. The van der Waals surface area contributed by atoms with Gasteiger partial charge in [-0.15, -0.1) is 0 Å². The minimum Gasteiger partial charge on any atom is -0.414 e. The van der Waals surface area contributed by atoms with Gasteiger partial charge in [-0.2, -0.15) is 21.6 Å². The molecule has 3 atom stereocenters. The average Bonchev–Trinajstić information content (AvgIpc) is 2.94. The topological polar surface area (TPSA) is 117 Å². The van der Waals surface area contributed by atoms with Gasteiger partial charge in [0.2, 0.25) is 0 Å². The summed E-state index contributed by atoms with van der Waals surface area (Å²) < 4.78 is 79.6. The maximum absolute atomic E-state index is 12.6. The van der Waals surface area contributed by atoms with Crippen molar-refractivity contribution >= 4 is 18.4 Å². The number of rotatable bonds is 7. The molecule has 2 heterocycles. The van der Waals surface area contributed by atoms with Crippen LogP contribution in [0.4, 0.5) is 13.2 Å². The van der Waals surface area contributed by atoms with Crippen LogP contribution in [0.25, 0.3) is 0 Å². The summed E-state index contributed by atoms with van der Waals surface area (Å²) in [5.41, 5.74) is -1.19. The van der Waals surface area contributed by atoms with Crippen LogP contribution in [0.15, 0.2) is 15.8 Å². The minimum absolute atomic E-state index is 0.129. The molecule has 1 aromatic rings. The summed E-state index contributed by atoms with van der Waals surface area (Å²) in [7, 11) is -7.27. The van der Waals surface area contributed by atoms with E-state index in [9.17, 15) is 31.2 Å². The Morgan fingerprint density at radius 2 is 1.84 bits per heavy atom. The summed E-state index contributed by atoms with van der Waals surface area (Å²) in [6.07, 6.45) is -7.37. The molecule has 0 saturated carbocycles. The maximum atomic E-state index is 12.6. The molecule has 14 heteroatoms. The van der Waals surface area contributed by atoms with Gasteiger partial charge in [-0.25, -0.2) is 4.79 Å². The van der Waals surface area contributed by atoms with Crippen LogP contribution in [0.1, 0.15) is 39.0 Å². The Balaban J connectivity index is 2.31. The molecule has 0 spiro atoms. The first kappa shape index (κ1) is 26.8. The normalized spacial score (nSPS) is 23.0. The van der Waals surface area contributed by atoms with Crippen LogP contribution in [-0.4, -0.2) is 57.0 Å². The van der Waals surface area contributed by atoms with E-state index in [0.29, 0.717) is 0 Å². The largest absolute Gasteiger partial charge is 0.414 e. The van der Waals surface area contributed by atoms with Crippen molar-refractivity contribution in [1.29, 1.82) is 0 Å². The second-order valence-corrected chi connectivity index (χ2v) is 15.8. The van der Waals surface area contributed by atoms with E-state index >= 15 is 0 Å². The summed E-state index contributed by atoms with van der Waals surface area (Å²) in [5, 5.41) is -0.184. The first-order chi connectivity index (χ1) is 14.3. The molecule has 1 aromatic heterocycles. The second-order valence-electron chi connectivity index (χ2n) is 9.37. The van der Waals surface area contributed by atoms with Gasteiger partial charge < -0.3 is 9.16 Å². The number of aryl methyl sites for hydroxylation is 1. The fourth-order valence-electron chi connectivity index (χ4n) is 2.85. The summed E-state index contributed by atoms with van der Waals surface area (Å²) in [6.45, 7) is 11.2. The maximum Gasteiger partial charge on any atom is 0.405 e. The first-order valence-corrected chi connectivity index (χ1v) is 14.4. The van der Waals surface area contributed by atoms with Crippen molar-refractivity contribution in [3.8, 4) is 0 Å². The number of hydrogen-bond acceptors (Lipinski definition) is 7. The van der Waals surface area contributed by atoms with Gasteiger partial charge >= 0.3 is 11.9 Å². The van der Waals surface area contributed by atoms with Crippen LogP contribution in [0.3, 0.4) is 0 Å². The zero-order valence-corrected chi connectivity index (χ0v) is 20.6. The van der Waals surface area contributed by atoms with Crippen LogP contribution in [-0.2, 0) is 23.5 Å². The molecule has 32 heavy (non-hydrogen) atoms. The number of alkyl halides is 3. The van der Waals surface area contributed by atoms with Gasteiger partial charge in [-0.3, -0.25) is 18.5 Å². The lowest BCUT2D eigenvalue weighted by Gasteiger charge is -2.37. The Morgan fingerprint density at radius 1 is 1.25 bits per heavy atom. The van der Waals surface area contributed by atoms with Crippen LogP contribution >= 0.6 is 0 Å². The average molecular weight is 503 g/mol. The van der Waals surface area contributed by atoms with E-state index in [-0.39, 0.29) is 23.6 Å². The van der Waals surface area contributed by atoms with Crippen molar-refractivity contribution in [3.63, 3.8) is 0 Å². The van der Waals surface area contributed by atoms with Crippen molar-refractivity contribution in [3.05, 3.63) is 32.6 Å². The van der Waals surface area contributed by atoms with Gasteiger partial charge in [0.05, 0.1) is 6.61 Å². The molecule has 184 valence electrons. The van der Waals surface area contributed by atoms with E-state index in [1.54, 1.807) is 0 Å². The van der Waals surface area contributed by atoms with Crippen LogP contribution in [0.5, 0.6) is 0 Å². The van der Waals surface area contributed by atoms with E-state index < -0.39 is 60.0 Å². The van der Waals surface area contributed by atoms with Crippen molar-refractivity contribution < 1.29 is 34.9 Å². The highest BCUT2D eigenvalue weighted by Gasteiger charge is 2.45. The highest BCUT2D eigenvalue weighted by atomic mass is 32.2. The molecule has 0 bridgehead atoms. The summed E-state index contributed by atoms with van der Waals surface area (Å²) in [6, 6.07) is 0. The molecule has 9 nitrogen and oxygen atoms in total. The van der Waals surface area contributed by atoms with E-state index in [4.69, 9.17) is 13.3 Å². The van der Waals surface area contributed by atoms with E-state index in [0.717, 1.165) is 4.57 Å². The van der Waals surface area contributed by atoms with Crippen LogP contribution in [0.2, 0.25) is 18.1 Å². The number of hydrogen-bond donors (Lipinski definition) is 1. The number of aromatic nitrogens is 2. The summed E-state index contributed by atoms with van der Waals surface area (Å²) in [4.78, 5) is 25.9. The predicted octanol–water partition coefficient (Wildman–Crippen LogP) is 2.43. The molecule has 1 saturated heterocycles. The number of halogens is 3. The number of H-pyrrole nitrogens is 1. The molecule has 1 aliphatic rings. The molecular weight excluding hydrogens is 473 g/mol. The zero-order chi connectivity index (χ0) is 24.7. The third-order valence-electron chi connectivity index (χ3n) is 5.66. The van der Waals surface area contributed by atoms with Crippen molar-refractivity contribution in [2.75, 3.05) is 12.4 Å². The predicted molar refractivity (Wildman–Crippen MR) is 112 cm³/mol. The van der Waals surface area contributed by atoms with Crippen LogP contribution < -0.4 is 11.2 Å². The lowest BCUT2D eigenvalue weighted by atomic mass is 10.2. The lowest BCUT2D eigenvalue weighted by Crippen LogP contribution is -2.44. The quantitative estimate of drug-likeness (QED) is 0.450. The third-order valence-corrected chi connectivity index (χ3v) is 11.4. The first-order valence-electron chi connectivity index (χ1n) is 9.90. The highest BCUT2D eigenvalue weighted by molar-refractivity contribution is 7.86. The molecule has 0 radical (unpaired) electrons. The fourth-order valence-corrected chi connectivity index (χ4v) is 4.91. The molecular formula is C18H29F3N2O7SSi. The van der Waals surface area contributed by atoms with E-state index in [1.807, 2.05) is 33.9 Å². The lowest BCUT2D eigenvalue weighted by molar-refractivity contribution is -0.108. The van der Waals surface area contributed by atoms with Gasteiger partial charge in [-0.1, -0.05) is 20.8 Å². The Kier molecular flexibility index (Phi) is 7.57. The van der Waals surface area contributed by atoms with Crippen LogP contribution in [0, 0.1) is 6.92 Å². The van der Waals surface area contributed by atoms with Crippen molar-refractivity contribution in [2.45, 2.75) is 76.9 Å².